The number of nitrogens with one attached hydrogen (secondary N) is 2. The quantitative estimate of drug-likeness (QED) is 0.608. The summed E-state index contributed by atoms with van der Waals surface area (Å²) >= 11 is 0. The second-order valence-electron chi connectivity index (χ2n) is 5.36. The van der Waals surface area contributed by atoms with Crippen LogP contribution >= 0.6 is 0 Å². The van der Waals surface area contributed by atoms with E-state index in [0.717, 1.165) is 38.8 Å². The summed E-state index contributed by atoms with van der Waals surface area (Å²) in [5.41, 5.74) is 0. The van der Waals surface area contributed by atoms with E-state index in [2.05, 4.69) is 10.6 Å². The van der Waals surface area contributed by atoms with Crippen molar-refractivity contribution < 1.29 is 10.2 Å². The average molecular weight is 258 g/mol. The molecule has 4 N–H and O–H groups in total. The van der Waals surface area contributed by atoms with Crippen LogP contribution in [0.2, 0.25) is 0 Å². The molecule has 4 heteroatoms. The van der Waals surface area contributed by atoms with Crippen molar-refractivity contribution in [2.24, 2.45) is 0 Å². The summed E-state index contributed by atoms with van der Waals surface area (Å²) in [7, 11) is 0. The van der Waals surface area contributed by atoms with E-state index in [1.165, 1.54) is 12.8 Å². The van der Waals surface area contributed by atoms with Crippen LogP contribution in [-0.4, -0.2) is 47.6 Å². The lowest BCUT2D eigenvalue weighted by molar-refractivity contribution is 0.131. The molecule has 1 unspecified atom stereocenters. The van der Waals surface area contributed by atoms with Crippen molar-refractivity contribution >= 4 is 0 Å². The summed E-state index contributed by atoms with van der Waals surface area (Å²) in [5, 5.41) is 25.1. The maximum absolute atomic E-state index is 9.30. The van der Waals surface area contributed by atoms with E-state index in [9.17, 15) is 10.2 Å². The third-order valence-corrected chi connectivity index (χ3v) is 3.96. The van der Waals surface area contributed by atoms with Gasteiger partial charge in [0.15, 0.2) is 0 Å². The van der Waals surface area contributed by atoms with E-state index < -0.39 is 0 Å². The first-order valence-electron chi connectivity index (χ1n) is 7.51. The first kappa shape index (κ1) is 15.9. The van der Waals surface area contributed by atoms with Crippen molar-refractivity contribution in [3.63, 3.8) is 0 Å². The Morgan fingerprint density at radius 2 is 1.28 bits per heavy atom. The van der Waals surface area contributed by atoms with E-state index in [4.69, 9.17) is 0 Å². The highest BCUT2D eigenvalue weighted by Crippen LogP contribution is 2.11. The monoisotopic (exact) mass is 258 g/mol. The summed E-state index contributed by atoms with van der Waals surface area (Å²) in [6.07, 6.45) is 6.25. The predicted molar refractivity (Wildman–Crippen MR) is 74.6 cm³/mol. The van der Waals surface area contributed by atoms with Crippen LogP contribution in [0, 0.1) is 0 Å². The molecule has 0 aromatic rings. The summed E-state index contributed by atoms with van der Waals surface area (Å²) in [5.74, 6) is 0. The fourth-order valence-corrected chi connectivity index (χ4v) is 2.65. The summed E-state index contributed by atoms with van der Waals surface area (Å²) in [6.45, 7) is 6.21. The molecule has 2 heterocycles. The van der Waals surface area contributed by atoms with Crippen LogP contribution in [0.25, 0.3) is 0 Å². The van der Waals surface area contributed by atoms with Gasteiger partial charge in [-0.2, -0.15) is 0 Å². The minimum absolute atomic E-state index is 0.118. The van der Waals surface area contributed by atoms with Crippen molar-refractivity contribution in [3.05, 3.63) is 0 Å². The van der Waals surface area contributed by atoms with Crippen LogP contribution in [0.4, 0.5) is 0 Å². The lowest BCUT2D eigenvalue weighted by Gasteiger charge is -2.15. The largest absolute Gasteiger partial charge is 0.392 e. The fourth-order valence-electron chi connectivity index (χ4n) is 2.65. The van der Waals surface area contributed by atoms with E-state index in [1.54, 1.807) is 0 Å². The van der Waals surface area contributed by atoms with Gasteiger partial charge in [0.2, 0.25) is 0 Å². The minimum Gasteiger partial charge on any atom is -0.392 e. The molecule has 0 aromatic carbocycles. The average Bonchev–Trinajstić information content (AvgIpc) is 3.09. The molecule has 0 amide bonds. The second-order valence-corrected chi connectivity index (χ2v) is 5.36. The van der Waals surface area contributed by atoms with Gasteiger partial charge in [0.1, 0.15) is 0 Å². The predicted octanol–water partition coefficient (Wildman–Crippen LogP) is 1.02. The van der Waals surface area contributed by atoms with E-state index in [0.29, 0.717) is 12.1 Å². The molecular formula is C14H30N2O2. The molecule has 4 nitrogen and oxygen atoms in total. The van der Waals surface area contributed by atoms with Gasteiger partial charge in [-0.3, -0.25) is 0 Å². The van der Waals surface area contributed by atoms with Crippen molar-refractivity contribution in [2.45, 2.75) is 76.7 Å². The molecule has 0 aliphatic carbocycles. The molecule has 2 saturated heterocycles. The van der Waals surface area contributed by atoms with Crippen LogP contribution in [0.15, 0.2) is 0 Å². The first-order chi connectivity index (χ1) is 8.69. The SMILES string of the molecule is CC[C@@H](O)C1CCCN1.CC[C@H](O)[C@H]1CCCN1. The molecule has 0 spiro atoms. The van der Waals surface area contributed by atoms with Gasteiger partial charge in [0.05, 0.1) is 12.2 Å². The third-order valence-electron chi connectivity index (χ3n) is 3.96. The Morgan fingerprint density at radius 3 is 1.50 bits per heavy atom. The van der Waals surface area contributed by atoms with Gasteiger partial charge in [-0.05, 0) is 51.6 Å². The second kappa shape index (κ2) is 8.86. The number of aliphatic hydroxyl groups excluding tert-OH is 2. The zero-order valence-corrected chi connectivity index (χ0v) is 11.9. The lowest BCUT2D eigenvalue weighted by atomic mass is 10.1. The number of aliphatic hydroxyl groups is 2. The van der Waals surface area contributed by atoms with Gasteiger partial charge >= 0.3 is 0 Å². The van der Waals surface area contributed by atoms with Gasteiger partial charge in [-0.1, -0.05) is 13.8 Å². The highest BCUT2D eigenvalue weighted by Gasteiger charge is 2.20. The minimum atomic E-state index is -0.118. The molecule has 2 aliphatic rings. The zero-order valence-electron chi connectivity index (χ0n) is 11.9. The highest BCUT2D eigenvalue weighted by molar-refractivity contribution is 4.80. The van der Waals surface area contributed by atoms with Crippen molar-refractivity contribution in [2.75, 3.05) is 13.1 Å². The standard InChI is InChI=1S/2C7H15NO/c2*1-2-7(9)6-4-3-5-8-6/h2*6-9H,2-5H2,1H3/t6?,7-;6-,7+/m11/s1. The van der Waals surface area contributed by atoms with Gasteiger partial charge in [0, 0.05) is 12.1 Å². The molecule has 0 bridgehead atoms. The molecule has 0 radical (unpaired) electrons. The topological polar surface area (TPSA) is 64.5 Å². The lowest BCUT2D eigenvalue weighted by Crippen LogP contribution is -2.33. The first-order valence-corrected chi connectivity index (χ1v) is 7.51. The summed E-state index contributed by atoms with van der Waals surface area (Å²) < 4.78 is 0. The molecule has 108 valence electrons. The fraction of sp³-hybridized carbons (Fsp3) is 1.00. The van der Waals surface area contributed by atoms with Gasteiger partial charge in [0.25, 0.3) is 0 Å². The Balaban J connectivity index is 0.000000180. The number of hydrogen-bond acceptors (Lipinski definition) is 4. The van der Waals surface area contributed by atoms with Crippen LogP contribution in [-0.2, 0) is 0 Å². The maximum Gasteiger partial charge on any atom is 0.0690 e. The molecule has 0 saturated carbocycles. The number of rotatable bonds is 4. The Hall–Kier alpha value is -0.160. The molecule has 4 atom stereocenters. The summed E-state index contributed by atoms with van der Waals surface area (Å²) in [4.78, 5) is 0. The van der Waals surface area contributed by atoms with E-state index in [-0.39, 0.29) is 12.2 Å². The Morgan fingerprint density at radius 1 is 0.889 bits per heavy atom. The van der Waals surface area contributed by atoms with Crippen molar-refractivity contribution in [1.82, 2.24) is 10.6 Å². The molecular weight excluding hydrogens is 228 g/mol. The summed E-state index contributed by atoms with van der Waals surface area (Å²) in [6, 6.07) is 0.769. The Kier molecular flexibility index (Phi) is 7.82. The number of hydrogen-bond donors (Lipinski definition) is 4. The molecule has 2 rings (SSSR count). The van der Waals surface area contributed by atoms with Crippen molar-refractivity contribution in [3.8, 4) is 0 Å². The molecule has 2 fully saturated rings. The van der Waals surface area contributed by atoms with Gasteiger partial charge in [-0.25, -0.2) is 0 Å². The zero-order chi connectivity index (χ0) is 13.4. The van der Waals surface area contributed by atoms with Crippen LogP contribution in [0.3, 0.4) is 0 Å². The smallest absolute Gasteiger partial charge is 0.0690 e. The molecule has 0 aromatic heterocycles. The Bertz CT molecular complexity index is 180. The van der Waals surface area contributed by atoms with Crippen LogP contribution in [0.1, 0.15) is 52.4 Å². The van der Waals surface area contributed by atoms with Crippen LogP contribution < -0.4 is 10.6 Å². The van der Waals surface area contributed by atoms with E-state index >= 15 is 0 Å². The highest BCUT2D eigenvalue weighted by atomic mass is 16.3. The van der Waals surface area contributed by atoms with Gasteiger partial charge < -0.3 is 20.8 Å². The maximum atomic E-state index is 9.30. The van der Waals surface area contributed by atoms with Crippen LogP contribution in [0.5, 0.6) is 0 Å². The molecule has 2 aliphatic heterocycles. The van der Waals surface area contributed by atoms with E-state index in [1.807, 2.05) is 13.8 Å². The van der Waals surface area contributed by atoms with Crippen molar-refractivity contribution in [1.29, 1.82) is 0 Å². The third kappa shape index (κ3) is 5.22. The normalized spacial score (nSPS) is 30.7. The van der Waals surface area contributed by atoms with Gasteiger partial charge in [-0.15, -0.1) is 0 Å². The Labute approximate surface area is 111 Å². The molecule has 18 heavy (non-hydrogen) atoms.